The van der Waals surface area contributed by atoms with Crippen LogP contribution in [0.4, 0.5) is 0 Å². The molecule has 234 valence electrons. The van der Waals surface area contributed by atoms with E-state index in [1.54, 1.807) is 0 Å². The van der Waals surface area contributed by atoms with Gasteiger partial charge in [0, 0.05) is 0 Å². The summed E-state index contributed by atoms with van der Waals surface area (Å²) in [5.74, 6) is -0.836. The summed E-state index contributed by atoms with van der Waals surface area (Å²) in [6, 6.07) is 18.3. The molecule has 4 aromatic carbocycles. The summed E-state index contributed by atoms with van der Waals surface area (Å²) < 4.78 is 39.4. The van der Waals surface area contributed by atoms with E-state index in [2.05, 4.69) is 0 Å². The molecule has 1 fully saturated rings. The van der Waals surface area contributed by atoms with Crippen LogP contribution < -0.4 is 23.4 Å². The molecule has 7 rings (SSSR count). The van der Waals surface area contributed by atoms with Crippen molar-refractivity contribution in [1.82, 2.24) is 0 Å². The summed E-state index contributed by atoms with van der Waals surface area (Å²) >= 11 is 51.9. The van der Waals surface area contributed by atoms with Crippen LogP contribution in [0.1, 0.15) is 23.3 Å². The van der Waals surface area contributed by atoms with Crippen LogP contribution in [-0.4, -0.2) is 14.1 Å². The maximum absolute atomic E-state index is 6.76. The van der Waals surface area contributed by atoms with E-state index < -0.39 is 19.5 Å². The molecule has 0 unspecified atom stereocenters. The van der Waals surface area contributed by atoms with Crippen molar-refractivity contribution in [2.75, 3.05) is 14.1 Å². The number of benzene rings is 4. The predicted octanol–water partition coefficient (Wildman–Crippen LogP) is 11.1. The normalized spacial score (nSPS) is 22.5. The van der Waals surface area contributed by atoms with E-state index in [0.29, 0.717) is 11.1 Å². The molecule has 0 amide bonds. The Kier molecular flexibility index (Phi) is 8.28. The zero-order chi connectivity index (χ0) is 31.7. The van der Waals surface area contributed by atoms with Crippen molar-refractivity contribution in [3.8, 4) is 23.0 Å². The molecular weight excluding hydrogens is 761 g/mol. The second-order valence-electron chi connectivity index (χ2n) is 9.76. The van der Waals surface area contributed by atoms with E-state index in [0.717, 1.165) is 0 Å². The Balaban J connectivity index is 0.00000110. The summed E-state index contributed by atoms with van der Waals surface area (Å²) in [6.45, 7) is 0. The second-order valence-corrected chi connectivity index (χ2v) is 16.2. The monoisotopic (exact) mass is 777 g/mol. The number of fused-ring (bicyclic) bond motifs is 2. The Labute approximate surface area is 291 Å². The SMILES string of the molecule is C[NH2+]C.Clc1c(Cl)c(Cl)c2c(c1Cl)O[P-]13(O2)(Oc2c(Cl)c(Cl)c(Cl)c(Cl)c2O1)O[C@@H](c1ccccc1)[C@H](c1ccccc1)O3. The van der Waals surface area contributed by atoms with E-state index in [9.17, 15) is 0 Å². The van der Waals surface area contributed by atoms with Crippen LogP contribution in [0.3, 0.4) is 0 Å². The van der Waals surface area contributed by atoms with Crippen molar-refractivity contribution in [2.24, 2.45) is 0 Å². The van der Waals surface area contributed by atoms with Crippen LogP contribution >= 0.6 is 100 Å². The Bertz CT molecular complexity index is 1610. The second kappa shape index (κ2) is 11.2. The first-order chi connectivity index (χ1) is 20.8. The standard InChI is InChI=1S/C26H12Cl8O6P.C2H7N/c27-13-14(28)18(32)24-23(17(13)31)37-41(38-24,39-25-19(33)15(29)16(30)20(34)26(25)40-41)35-21(11-7-3-1-4-8-11)22(36-41)12-9-5-2-6-10-12;1-3-2/h1-10,21-22H;3H,1-2H3/q-1;/p+1/t21-,22-;/m0./s1. The molecule has 0 saturated carbocycles. The summed E-state index contributed by atoms with van der Waals surface area (Å²) in [4.78, 5) is 0. The molecule has 0 radical (unpaired) electrons. The van der Waals surface area contributed by atoms with Gasteiger partial charge in [0.15, 0.2) is 0 Å². The average Bonchev–Trinajstić information content (AvgIpc) is 3.64. The fourth-order valence-corrected chi connectivity index (χ4v) is 11.1. The fourth-order valence-electron chi connectivity index (χ4n) is 4.89. The third-order valence-corrected chi connectivity index (χ3v) is 13.7. The van der Waals surface area contributed by atoms with E-state index in [1.807, 2.05) is 80.1 Å². The molecule has 44 heavy (non-hydrogen) atoms. The molecule has 1 spiro atoms. The molecule has 3 aliphatic heterocycles. The van der Waals surface area contributed by atoms with Gasteiger partial charge < -0.3 is 5.32 Å². The number of quaternary nitrogens is 1. The van der Waals surface area contributed by atoms with Crippen LogP contribution in [0.5, 0.6) is 23.0 Å². The Morgan fingerprint density at radius 2 is 0.705 bits per heavy atom. The minimum absolute atomic E-state index is 0.118. The van der Waals surface area contributed by atoms with Crippen molar-refractivity contribution in [3.05, 3.63) is 112 Å². The van der Waals surface area contributed by atoms with Crippen molar-refractivity contribution in [1.29, 1.82) is 0 Å². The van der Waals surface area contributed by atoms with Gasteiger partial charge in [-0.15, -0.1) is 0 Å². The van der Waals surface area contributed by atoms with E-state index >= 15 is 0 Å². The predicted molar refractivity (Wildman–Crippen MR) is 177 cm³/mol. The number of rotatable bonds is 2. The number of hydrogen-bond donors (Lipinski definition) is 1. The first-order valence-corrected chi connectivity index (χ1v) is 18.0. The van der Waals surface area contributed by atoms with E-state index in [1.165, 1.54) is 0 Å². The molecule has 3 aliphatic rings. The van der Waals surface area contributed by atoms with Crippen molar-refractivity contribution in [3.63, 3.8) is 0 Å². The summed E-state index contributed by atoms with van der Waals surface area (Å²) in [5, 5.41) is 0.850. The van der Waals surface area contributed by atoms with Crippen molar-refractivity contribution in [2.45, 2.75) is 12.2 Å². The van der Waals surface area contributed by atoms with Gasteiger partial charge in [-0.2, -0.15) is 0 Å². The van der Waals surface area contributed by atoms with Gasteiger partial charge in [-0.05, 0) is 0 Å². The van der Waals surface area contributed by atoms with Crippen LogP contribution in [0.2, 0.25) is 40.2 Å². The molecule has 2 N–H and O–H groups in total. The first kappa shape index (κ1) is 32.6. The van der Waals surface area contributed by atoms with Gasteiger partial charge in [0.05, 0.1) is 14.1 Å². The van der Waals surface area contributed by atoms with Gasteiger partial charge in [0.1, 0.15) is 0 Å². The third kappa shape index (κ3) is 4.71. The molecule has 0 aromatic heterocycles. The van der Waals surface area contributed by atoms with E-state index in [-0.39, 0.29) is 63.2 Å². The summed E-state index contributed by atoms with van der Waals surface area (Å²) in [6.07, 6.45) is -1.91. The molecular formula is C28H20Cl8NO6P. The number of halogens is 8. The first-order valence-electron chi connectivity index (χ1n) is 12.8. The van der Waals surface area contributed by atoms with Crippen molar-refractivity contribution < 1.29 is 32.5 Å². The molecule has 7 nitrogen and oxygen atoms in total. The Morgan fingerprint density at radius 1 is 0.455 bits per heavy atom. The van der Waals surface area contributed by atoms with Gasteiger partial charge in [0.25, 0.3) is 0 Å². The minimum atomic E-state index is -6.62. The molecule has 3 heterocycles. The van der Waals surface area contributed by atoms with E-state index in [4.69, 9.17) is 120 Å². The average molecular weight is 781 g/mol. The molecule has 0 bridgehead atoms. The van der Waals surface area contributed by atoms with Crippen LogP contribution in [0.15, 0.2) is 60.7 Å². The topological polar surface area (TPSA) is 72.0 Å². The quantitative estimate of drug-likeness (QED) is 0.124. The molecule has 2 atom stereocenters. The number of hydrogen-bond acceptors (Lipinski definition) is 6. The Morgan fingerprint density at radius 3 is 0.955 bits per heavy atom. The van der Waals surface area contributed by atoms with Crippen LogP contribution in [-0.2, 0) is 9.05 Å². The van der Waals surface area contributed by atoms with Gasteiger partial charge in [-0.25, -0.2) is 0 Å². The van der Waals surface area contributed by atoms with Gasteiger partial charge >= 0.3 is 274 Å². The fraction of sp³-hybridized carbons (Fsp3) is 0.143. The zero-order valence-electron chi connectivity index (χ0n) is 22.4. The molecule has 16 heteroatoms. The molecule has 1 saturated heterocycles. The van der Waals surface area contributed by atoms with Crippen LogP contribution in [0.25, 0.3) is 0 Å². The number of nitrogens with two attached hydrogens (primary N) is 1. The van der Waals surface area contributed by atoms with Gasteiger partial charge in [-0.1, -0.05) is 0 Å². The van der Waals surface area contributed by atoms with Crippen molar-refractivity contribution >= 4 is 100 Å². The molecule has 0 aliphatic carbocycles. The maximum atomic E-state index is 6.76. The van der Waals surface area contributed by atoms with Gasteiger partial charge in [-0.3, -0.25) is 0 Å². The summed E-state index contributed by atoms with van der Waals surface area (Å²) in [7, 11) is -2.62. The van der Waals surface area contributed by atoms with Gasteiger partial charge in [0.2, 0.25) is 0 Å². The molecule has 4 aromatic rings. The zero-order valence-corrected chi connectivity index (χ0v) is 29.4. The van der Waals surface area contributed by atoms with Crippen LogP contribution in [0, 0.1) is 0 Å². The Hall–Kier alpha value is -1.29. The third-order valence-electron chi connectivity index (χ3n) is 6.67. The summed E-state index contributed by atoms with van der Waals surface area (Å²) in [5.41, 5.74) is 1.32.